The summed E-state index contributed by atoms with van der Waals surface area (Å²) in [6, 6.07) is 13.0. The molecule has 0 aromatic heterocycles. The average Bonchev–Trinajstić information content (AvgIpc) is 2.95. The maximum Gasteiger partial charge on any atom is 0.251 e. The Labute approximate surface area is 224 Å². The Kier molecular flexibility index (Phi) is 11.6. The Morgan fingerprint density at radius 1 is 0.921 bits per heavy atom. The fourth-order valence-electron chi connectivity index (χ4n) is 4.42. The van der Waals surface area contributed by atoms with Crippen molar-refractivity contribution in [3.05, 3.63) is 65.2 Å². The number of anilines is 1. The van der Waals surface area contributed by atoms with E-state index >= 15 is 0 Å². The summed E-state index contributed by atoms with van der Waals surface area (Å²) < 4.78 is 0. The van der Waals surface area contributed by atoms with Crippen molar-refractivity contribution in [2.75, 3.05) is 18.5 Å². The van der Waals surface area contributed by atoms with E-state index in [0.29, 0.717) is 17.5 Å². The average molecular weight is 514 g/mol. The summed E-state index contributed by atoms with van der Waals surface area (Å²) >= 11 is 0. The normalized spacial score (nSPS) is 13.7. The van der Waals surface area contributed by atoms with Crippen molar-refractivity contribution >= 4 is 23.3 Å². The first-order chi connectivity index (χ1) is 18.5. The van der Waals surface area contributed by atoms with Crippen LogP contribution in [0, 0.1) is 29.6 Å². The van der Waals surface area contributed by atoms with Crippen LogP contribution in [0.1, 0.15) is 72.9 Å². The molecule has 0 saturated heterocycles. The zero-order chi connectivity index (χ0) is 27.2. The van der Waals surface area contributed by atoms with Crippen molar-refractivity contribution in [3.8, 4) is 23.7 Å². The maximum absolute atomic E-state index is 12.3. The van der Waals surface area contributed by atoms with Gasteiger partial charge in [0.2, 0.25) is 5.91 Å². The molecule has 0 aliphatic heterocycles. The summed E-state index contributed by atoms with van der Waals surface area (Å²) in [5, 5.41) is 14.4. The van der Waals surface area contributed by atoms with Crippen LogP contribution in [0.25, 0.3) is 0 Å². The van der Waals surface area contributed by atoms with Crippen molar-refractivity contribution in [1.29, 1.82) is 0 Å². The number of ketones is 1. The van der Waals surface area contributed by atoms with Crippen molar-refractivity contribution in [2.24, 2.45) is 11.7 Å². The van der Waals surface area contributed by atoms with Gasteiger partial charge in [-0.1, -0.05) is 43.9 Å². The van der Waals surface area contributed by atoms with Gasteiger partial charge in [0.05, 0.1) is 0 Å². The molecule has 0 spiro atoms. The number of carbonyl (C=O) groups is 3. The molecule has 0 unspecified atom stereocenters. The van der Waals surface area contributed by atoms with Crippen molar-refractivity contribution in [3.63, 3.8) is 0 Å². The third kappa shape index (κ3) is 9.52. The SMILES string of the molecule is NC[C@H](NC(=O)c1ccc(C#CC#Cc2ccc(NC(=O)CCCC3CCCCC3)cc2)cc1)C(=O)CO. The van der Waals surface area contributed by atoms with E-state index in [-0.39, 0.29) is 12.5 Å². The molecule has 7 heteroatoms. The molecule has 0 radical (unpaired) electrons. The fraction of sp³-hybridized carbons (Fsp3) is 0.387. The molecular weight excluding hydrogens is 478 g/mol. The highest BCUT2D eigenvalue weighted by Gasteiger charge is 2.19. The second-order valence-corrected chi connectivity index (χ2v) is 9.49. The van der Waals surface area contributed by atoms with Crippen LogP contribution in [0.2, 0.25) is 0 Å². The summed E-state index contributed by atoms with van der Waals surface area (Å²) in [7, 11) is 0. The van der Waals surface area contributed by atoms with Crippen molar-refractivity contribution < 1.29 is 19.5 Å². The lowest BCUT2D eigenvalue weighted by molar-refractivity contribution is -0.123. The summed E-state index contributed by atoms with van der Waals surface area (Å²) in [5.41, 5.74) is 8.05. The van der Waals surface area contributed by atoms with E-state index in [1.807, 2.05) is 24.3 Å². The minimum Gasteiger partial charge on any atom is -0.388 e. The zero-order valence-electron chi connectivity index (χ0n) is 21.6. The third-order valence-corrected chi connectivity index (χ3v) is 6.62. The number of amides is 2. The van der Waals surface area contributed by atoms with E-state index in [0.717, 1.165) is 30.0 Å². The van der Waals surface area contributed by atoms with Crippen LogP contribution in [0.4, 0.5) is 5.69 Å². The number of aliphatic hydroxyl groups is 1. The number of hydrogen-bond donors (Lipinski definition) is 4. The smallest absolute Gasteiger partial charge is 0.251 e. The van der Waals surface area contributed by atoms with Crippen molar-refractivity contribution in [2.45, 2.75) is 57.4 Å². The Hall–Kier alpha value is -3.91. The quantitative estimate of drug-likeness (QED) is 0.363. The molecule has 3 rings (SSSR count). The number of carbonyl (C=O) groups excluding carboxylic acids is 3. The topological polar surface area (TPSA) is 122 Å². The molecule has 0 heterocycles. The molecule has 1 atom stereocenters. The lowest BCUT2D eigenvalue weighted by Gasteiger charge is -2.21. The number of aliphatic hydroxyl groups excluding tert-OH is 1. The van der Waals surface area contributed by atoms with Crippen LogP contribution in [-0.4, -0.2) is 41.9 Å². The molecule has 1 aliphatic carbocycles. The van der Waals surface area contributed by atoms with Crippen LogP contribution in [0.3, 0.4) is 0 Å². The van der Waals surface area contributed by atoms with Crippen LogP contribution in [0.5, 0.6) is 0 Å². The molecule has 198 valence electrons. The van der Waals surface area contributed by atoms with E-state index < -0.39 is 24.3 Å². The first kappa shape index (κ1) is 28.7. The molecule has 2 aromatic rings. The minimum absolute atomic E-state index is 0.0480. The van der Waals surface area contributed by atoms with E-state index in [9.17, 15) is 14.4 Å². The second kappa shape index (κ2) is 15.4. The maximum atomic E-state index is 12.3. The summed E-state index contributed by atoms with van der Waals surface area (Å²) in [5.74, 6) is 11.3. The minimum atomic E-state index is -0.927. The summed E-state index contributed by atoms with van der Waals surface area (Å²) in [6.07, 6.45) is 9.28. The molecule has 1 aliphatic rings. The van der Waals surface area contributed by atoms with Crippen molar-refractivity contribution in [1.82, 2.24) is 5.32 Å². The van der Waals surface area contributed by atoms with Crippen LogP contribution < -0.4 is 16.4 Å². The van der Waals surface area contributed by atoms with Gasteiger partial charge in [-0.05, 0) is 79.1 Å². The molecule has 7 nitrogen and oxygen atoms in total. The Balaban J connectivity index is 1.45. The van der Waals surface area contributed by atoms with Gasteiger partial charge in [-0.25, -0.2) is 0 Å². The molecule has 1 fully saturated rings. The molecule has 2 amide bonds. The standard InChI is InChI=1S/C31H35N3O4/c32-21-28(29(36)22-35)34-31(38)26-17-13-24(14-18-26)9-4-5-10-25-15-19-27(20-16-25)33-30(37)12-6-11-23-7-2-1-3-8-23/h13-20,23,28,35H,1-3,6-8,11-12,21-22,32H2,(H,33,37)(H,34,38)/t28-/m0/s1. The lowest BCUT2D eigenvalue weighted by Crippen LogP contribution is -2.46. The first-order valence-electron chi connectivity index (χ1n) is 13.1. The van der Waals surface area contributed by atoms with Gasteiger partial charge < -0.3 is 21.5 Å². The number of rotatable bonds is 10. The molecule has 5 N–H and O–H groups in total. The van der Waals surface area contributed by atoms with Crippen LogP contribution in [0.15, 0.2) is 48.5 Å². The van der Waals surface area contributed by atoms with Gasteiger partial charge >= 0.3 is 0 Å². The van der Waals surface area contributed by atoms with Gasteiger partial charge in [0, 0.05) is 35.3 Å². The number of Topliss-reactive ketones (excluding diaryl/α,β-unsaturated/α-hetero) is 1. The van der Waals surface area contributed by atoms with Gasteiger partial charge in [-0.3, -0.25) is 14.4 Å². The summed E-state index contributed by atoms with van der Waals surface area (Å²) in [6.45, 7) is -0.774. The Morgan fingerprint density at radius 2 is 1.53 bits per heavy atom. The van der Waals surface area contributed by atoms with Gasteiger partial charge in [0.25, 0.3) is 5.91 Å². The highest BCUT2D eigenvalue weighted by molar-refractivity contribution is 5.98. The van der Waals surface area contributed by atoms with Gasteiger partial charge in [-0.2, -0.15) is 0 Å². The highest BCUT2D eigenvalue weighted by atomic mass is 16.3. The predicted molar refractivity (Wildman–Crippen MR) is 148 cm³/mol. The van der Waals surface area contributed by atoms with Crippen LogP contribution >= 0.6 is 0 Å². The number of nitrogens with two attached hydrogens (primary N) is 1. The zero-order valence-corrected chi connectivity index (χ0v) is 21.6. The van der Waals surface area contributed by atoms with Gasteiger partial charge in [0.1, 0.15) is 12.6 Å². The van der Waals surface area contributed by atoms with Crippen LogP contribution in [-0.2, 0) is 9.59 Å². The van der Waals surface area contributed by atoms with E-state index in [1.165, 1.54) is 32.1 Å². The highest BCUT2D eigenvalue weighted by Crippen LogP contribution is 2.27. The van der Waals surface area contributed by atoms with E-state index in [1.54, 1.807) is 24.3 Å². The number of benzene rings is 2. The first-order valence-corrected chi connectivity index (χ1v) is 13.1. The Bertz CT molecular complexity index is 1210. The second-order valence-electron chi connectivity index (χ2n) is 9.49. The predicted octanol–water partition coefficient (Wildman–Crippen LogP) is 3.40. The fourth-order valence-corrected chi connectivity index (χ4v) is 4.42. The molecular formula is C31H35N3O4. The monoisotopic (exact) mass is 513 g/mol. The van der Waals surface area contributed by atoms with Gasteiger partial charge in [-0.15, -0.1) is 0 Å². The van der Waals surface area contributed by atoms with E-state index in [2.05, 4.69) is 34.3 Å². The van der Waals surface area contributed by atoms with Gasteiger partial charge in [0.15, 0.2) is 5.78 Å². The third-order valence-electron chi connectivity index (χ3n) is 6.62. The van der Waals surface area contributed by atoms with E-state index in [4.69, 9.17) is 10.8 Å². The number of nitrogens with one attached hydrogen (secondary N) is 2. The largest absolute Gasteiger partial charge is 0.388 e. The summed E-state index contributed by atoms with van der Waals surface area (Å²) in [4.78, 5) is 36.1. The lowest BCUT2D eigenvalue weighted by atomic mass is 9.86. The molecule has 2 aromatic carbocycles. The number of hydrogen-bond acceptors (Lipinski definition) is 5. The Morgan fingerprint density at radius 3 is 2.11 bits per heavy atom. The molecule has 38 heavy (non-hydrogen) atoms. The molecule has 0 bridgehead atoms. The molecule has 1 saturated carbocycles.